The zero-order chi connectivity index (χ0) is 19.7. The number of H-pyrrole nitrogens is 1. The maximum Gasteiger partial charge on any atom is 0.247 e. The van der Waals surface area contributed by atoms with E-state index in [1.165, 1.54) is 18.3 Å². The van der Waals surface area contributed by atoms with Gasteiger partial charge >= 0.3 is 0 Å². The third kappa shape index (κ3) is 3.76. The number of halogens is 1. The fraction of sp³-hybridized carbons (Fsp3) is 0.409. The Balaban J connectivity index is 1.43. The van der Waals surface area contributed by atoms with Crippen molar-refractivity contribution in [2.45, 2.75) is 44.2 Å². The summed E-state index contributed by atoms with van der Waals surface area (Å²) in [6, 6.07) is 10.3. The van der Waals surface area contributed by atoms with E-state index in [9.17, 15) is 19.2 Å². The van der Waals surface area contributed by atoms with Gasteiger partial charge in [-0.05, 0) is 60.4 Å². The minimum atomic E-state index is -0.540. The predicted molar refractivity (Wildman–Crippen MR) is 103 cm³/mol. The first-order valence-electron chi connectivity index (χ1n) is 9.69. The average Bonchev–Trinajstić information content (AvgIpc) is 3.33. The van der Waals surface area contributed by atoms with Crippen LogP contribution in [0.4, 0.5) is 4.39 Å². The zero-order valence-electron chi connectivity index (χ0n) is 15.5. The number of rotatable bonds is 6. The van der Waals surface area contributed by atoms with Gasteiger partial charge in [-0.15, -0.1) is 0 Å². The van der Waals surface area contributed by atoms with Gasteiger partial charge in [0.05, 0.1) is 18.0 Å². The van der Waals surface area contributed by atoms with Crippen LogP contribution in [0.25, 0.3) is 11.1 Å². The maximum atomic E-state index is 14.6. The number of pyridine rings is 1. The number of nitrogens with one attached hydrogen (secondary N) is 2. The number of hydrogen-bond donors (Lipinski definition) is 2. The van der Waals surface area contributed by atoms with E-state index in [0.29, 0.717) is 28.7 Å². The number of nitriles is 1. The van der Waals surface area contributed by atoms with Crippen molar-refractivity contribution in [1.29, 1.82) is 5.26 Å². The number of aromatic nitrogens is 1. The van der Waals surface area contributed by atoms with Crippen molar-refractivity contribution in [3.63, 3.8) is 0 Å². The van der Waals surface area contributed by atoms with Gasteiger partial charge in [0.1, 0.15) is 5.82 Å². The molecule has 2 bridgehead atoms. The Hall–Kier alpha value is -2.78. The second-order valence-corrected chi connectivity index (χ2v) is 7.86. The standard InChI is InChI=1S/C22H22FN3O2/c23-19-10-14(17-4-6-21(28)25-12-17)1-2-15(19)7-13(11-24)8-20(27)22-16-3-5-18(9-16)26-22/h1-2,4,6,10,12-13,16,18,22,26H,3,5,7-9H2,(H,25,28)/t13-,16+,18-,22+/m1/s1. The molecule has 0 spiro atoms. The molecule has 0 amide bonds. The van der Waals surface area contributed by atoms with Crippen LogP contribution in [-0.2, 0) is 11.2 Å². The third-order valence-electron chi connectivity index (χ3n) is 5.97. The van der Waals surface area contributed by atoms with Gasteiger partial charge in [-0.25, -0.2) is 4.39 Å². The van der Waals surface area contributed by atoms with Gasteiger partial charge in [0.25, 0.3) is 0 Å². The van der Waals surface area contributed by atoms with Crippen LogP contribution in [0.1, 0.15) is 31.2 Å². The van der Waals surface area contributed by atoms with E-state index in [1.54, 1.807) is 18.2 Å². The molecule has 28 heavy (non-hydrogen) atoms. The summed E-state index contributed by atoms with van der Waals surface area (Å²) in [4.78, 5) is 26.3. The van der Waals surface area contributed by atoms with Crippen LogP contribution in [0.2, 0.25) is 0 Å². The topological polar surface area (TPSA) is 85.8 Å². The highest BCUT2D eigenvalue weighted by Crippen LogP contribution is 2.36. The van der Waals surface area contributed by atoms with Gasteiger partial charge in [-0.1, -0.05) is 12.1 Å². The number of fused-ring (bicyclic) bond motifs is 2. The van der Waals surface area contributed by atoms with Gasteiger partial charge in [0, 0.05) is 24.7 Å². The molecule has 2 N–H and O–H groups in total. The van der Waals surface area contributed by atoms with Crippen molar-refractivity contribution in [1.82, 2.24) is 10.3 Å². The smallest absolute Gasteiger partial charge is 0.247 e. The summed E-state index contributed by atoms with van der Waals surface area (Å²) in [5.41, 5.74) is 1.56. The average molecular weight is 379 g/mol. The molecule has 1 saturated heterocycles. The molecular formula is C22H22FN3O2. The summed E-state index contributed by atoms with van der Waals surface area (Å²) >= 11 is 0. The lowest BCUT2D eigenvalue weighted by atomic mass is 9.88. The largest absolute Gasteiger partial charge is 0.328 e. The van der Waals surface area contributed by atoms with E-state index >= 15 is 0 Å². The quantitative estimate of drug-likeness (QED) is 0.808. The van der Waals surface area contributed by atoms with E-state index in [1.807, 2.05) is 0 Å². The van der Waals surface area contributed by atoms with Crippen LogP contribution in [0.15, 0.2) is 41.3 Å². The first-order chi connectivity index (χ1) is 13.5. The van der Waals surface area contributed by atoms with E-state index in [4.69, 9.17) is 0 Å². The Kier molecular flexibility index (Phi) is 5.10. The molecule has 5 nitrogen and oxygen atoms in total. The molecule has 2 aliphatic rings. The molecule has 0 unspecified atom stereocenters. The lowest BCUT2D eigenvalue weighted by Crippen LogP contribution is -2.42. The van der Waals surface area contributed by atoms with E-state index in [0.717, 1.165) is 19.3 Å². The molecule has 2 aromatic rings. The molecule has 0 radical (unpaired) electrons. The molecule has 2 fully saturated rings. The second kappa shape index (κ2) is 7.69. The van der Waals surface area contributed by atoms with Gasteiger partial charge in [-0.2, -0.15) is 5.26 Å². The molecule has 6 heteroatoms. The highest BCUT2D eigenvalue weighted by atomic mass is 19.1. The van der Waals surface area contributed by atoms with Crippen LogP contribution in [0.3, 0.4) is 0 Å². The van der Waals surface area contributed by atoms with Gasteiger partial charge in [-0.3, -0.25) is 9.59 Å². The van der Waals surface area contributed by atoms with Crippen molar-refractivity contribution < 1.29 is 9.18 Å². The number of aromatic amines is 1. The Labute approximate surface area is 162 Å². The SMILES string of the molecule is N#C[C@@H](CC(=O)[C@H]1N[C@@H]2CC[C@H]1C2)Cc1ccc(-c2ccc(=O)[nH]c2)cc1F. The van der Waals surface area contributed by atoms with Gasteiger partial charge < -0.3 is 10.3 Å². The van der Waals surface area contributed by atoms with Gasteiger partial charge in [0.2, 0.25) is 5.56 Å². The first kappa shape index (κ1) is 18.6. The lowest BCUT2D eigenvalue weighted by molar-refractivity contribution is -0.122. The molecule has 2 heterocycles. The van der Waals surface area contributed by atoms with Crippen LogP contribution in [0.5, 0.6) is 0 Å². The number of ketones is 1. The molecule has 1 saturated carbocycles. The number of benzene rings is 1. The number of Topliss-reactive ketones (excluding diaryl/α,β-unsaturated/α-hetero) is 1. The normalized spacial score (nSPS) is 24.1. The van der Waals surface area contributed by atoms with Crippen LogP contribution in [0, 0.1) is 29.0 Å². The van der Waals surface area contributed by atoms with E-state index in [2.05, 4.69) is 16.4 Å². The number of carbonyl (C=O) groups excluding carboxylic acids is 1. The fourth-order valence-electron chi connectivity index (χ4n) is 4.50. The Morgan fingerprint density at radius 1 is 1.25 bits per heavy atom. The molecular weight excluding hydrogens is 357 g/mol. The molecule has 4 atom stereocenters. The van der Waals surface area contributed by atoms with Crippen LogP contribution >= 0.6 is 0 Å². The minimum absolute atomic E-state index is 0.0732. The van der Waals surface area contributed by atoms with Crippen molar-refractivity contribution in [2.75, 3.05) is 0 Å². The summed E-state index contributed by atoms with van der Waals surface area (Å²) in [5.74, 6) is -0.481. The van der Waals surface area contributed by atoms with Crippen molar-refractivity contribution >= 4 is 5.78 Å². The summed E-state index contributed by atoms with van der Waals surface area (Å²) in [7, 11) is 0. The van der Waals surface area contributed by atoms with Crippen LogP contribution in [-0.4, -0.2) is 22.9 Å². The molecule has 1 aliphatic carbocycles. The number of hydrogen-bond acceptors (Lipinski definition) is 4. The summed E-state index contributed by atoms with van der Waals surface area (Å²) in [6.45, 7) is 0. The second-order valence-electron chi connectivity index (χ2n) is 7.86. The monoisotopic (exact) mass is 379 g/mol. The van der Waals surface area contributed by atoms with E-state index in [-0.39, 0.29) is 30.2 Å². The fourth-order valence-corrected chi connectivity index (χ4v) is 4.50. The zero-order valence-corrected chi connectivity index (χ0v) is 15.5. The van der Waals surface area contributed by atoms with Gasteiger partial charge in [0.15, 0.2) is 5.78 Å². The lowest BCUT2D eigenvalue weighted by Gasteiger charge is -2.22. The summed E-state index contributed by atoms with van der Waals surface area (Å²) < 4.78 is 14.6. The molecule has 4 rings (SSSR count). The third-order valence-corrected chi connectivity index (χ3v) is 5.97. The van der Waals surface area contributed by atoms with Crippen molar-refractivity contribution in [3.8, 4) is 17.2 Å². The minimum Gasteiger partial charge on any atom is -0.328 e. The number of piperidine rings is 1. The predicted octanol–water partition coefficient (Wildman–Crippen LogP) is 2.96. The highest BCUT2D eigenvalue weighted by molar-refractivity contribution is 5.85. The van der Waals surface area contributed by atoms with Crippen molar-refractivity contribution in [2.24, 2.45) is 11.8 Å². The van der Waals surface area contributed by atoms with E-state index < -0.39 is 11.7 Å². The maximum absolute atomic E-state index is 14.6. The molecule has 144 valence electrons. The Bertz CT molecular complexity index is 974. The first-order valence-corrected chi connectivity index (χ1v) is 9.69. The number of nitrogens with zero attached hydrogens (tertiary/aromatic N) is 1. The summed E-state index contributed by atoms with van der Waals surface area (Å²) in [5, 5.41) is 12.8. The highest BCUT2D eigenvalue weighted by Gasteiger charge is 2.42. The molecule has 1 aliphatic heterocycles. The molecule has 1 aromatic heterocycles. The molecule has 1 aromatic carbocycles. The number of carbonyl (C=O) groups is 1. The Morgan fingerprint density at radius 2 is 2.07 bits per heavy atom. The Morgan fingerprint density at radius 3 is 2.68 bits per heavy atom. The summed E-state index contributed by atoms with van der Waals surface area (Å²) in [6.07, 6.45) is 5.15. The van der Waals surface area contributed by atoms with Crippen LogP contribution < -0.4 is 10.9 Å². The van der Waals surface area contributed by atoms with Crippen molar-refractivity contribution in [3.05, 3.63) is 58.3 Å².